The number of nitrogens with one attached hydrogen (secondary N) is 1. The van der Waals surface area contributed by atoms with Crippen LogP contribution in [-0.2, 0) is 11.3 Å². The zero-order chi connectivity index (χ0) is 12.1. The minimum Gasteiger partial charge on any atom is -0.351 e. The van der Waals surface area contributed by atoms with Crippen molar-refractivity contribution in [1.82, 2.24) is 5.32 Å². The molecule has 1 rings (SSSR count). The Morgan fingerprint density at radius 3 is 2.75 bits per heavy atom. The van der Waals surface area contributed by atoms with E-state index in [1.807, 2.05) is 20.8 Å². The van der Waals surface area contributed by atoms with Gasteiger partial charge in [0.25, 0.3) is 0 Å². The van der Waals surface area contributed by atoms with Gasteiger partial charge in [-0.2, -0.15) is 11.3 Å². The van der Waals surface area contributed by atoms with Crippen molar-refractivity contribution < 1.29 is 4.79 Å². The summed E-state index contributed by atoms with van der Waals surface area (Å²) in [6.07, 6.45) is 0.923. The second kappa shape index (κ2) is 6.01. The Morgan fingerprint density at radius 1 is 1.56 bits per heavy atom. The van der Waals surface area contributed by atoms with Crippen molar-refractivity contribution >= 4 is 17.2 Å². The van der Waals surface area contributed by atoms with Crippen molar-refractivity contribution in [2.75, 3.05) is 0 Å². The number of carbonyl (C=O) groups excluding carboxylic acids is 1. The van der Waals surface area contributed by atoms with Crippen molar-refractivity contribution in [3.8, 4) is 0 Å². The Kier molecular flexibility index (Phi) is 4.96. The maximum Gasteiger partial charge on any atom is 0.237 e. The summed E-state index contributed by atoms with van der Waals surface area (Å²) in [6.45, 7) is 6.67. The SMILES string of the molecule is CCC(C)C(N)C(=O)NCc1cscc1C. The van der Waals surface area contributed by atoms with Gasteiger partial charge in [0.15, 0.2) is 0 Å². The van der Waals surface area contributed by atoms with Gasteiger partial charge in [-0.1, -0.05) is 20.3 Å². The number of amides is 1. The number of nitrogens with two attached hydrogens (primary N) is 1. The molecule has 4 heteroatoms. The number of hydrogen-bond donors (Lipinski definition) is 2. The number of hydrogen-bond acceptors (Lipinski definition) is 3. The highest BCUT2D eigenvalue weighted by atomic mass is 32.1. The molecule has 0 spiro atoms. The van der Waals surface area contributed by atoms with E-state index in [1.54, 1.807) is 11.3 Å². The van der Waals surface area contributed by atoms with Gasteiger partial charge in [0.1, 0.15) is 0 Å². The fourth-order valence-electron chi connectivity index (χ4n) is 1.38. The summed E-state index contributed by atoms with van der Waals surface area (Å²) in [7, 11) is 0. The molecule has 0 saturated heterocycles. The summed E-state index contributed by atoms with van der Waals surface area (Å²) in [5.41, 5.74) is 8.24. The average Bonchev–Trinajstić information content (AvgIpc) is 2.69. The lowest BCUT2D eigenvalue weighted by Crippen LogP contribution is -2.44. The van der Waals surface area contributed by atoms with E-state index in [4.69, 9.17) is 5.73 Å². The van der Waals surface area contributed by atoms with E-state index in [1.165, 1.54) is 11.1 Å². The van der Waals surface area contributed by atoms with Crippen molar-refractivity contribution in [2.24, 2.45) is 11.7 Å². The molecule has 0 aromatic carbocycles. The standard InChI is InChI=1S/C12H20N2OS/c1-4-8(2)11(13)12(15)14-5-10-7-16-6-9(10)3/h6-8,11H,4-5,13H2,1-3H3,(H,14,15). The Bertz CT molecular complexity index is 349. The van der Waals surface area contributed by atoms with Gasteiger partial charge in [0.2, 0.25) is 5.91 Å². The van der Waals surface area contributed by atoms with Crippen LogP contribution in [0.1, 0.15) is 31.4 Å². The Labute approximate surface area is 101 Å². The van der Waals surface area contributed by atoms with Crippen LogP contribution in [0.2, 0.25) is 0 Å². The summed E-state index contributed by atoms with van der Waals surface area (Å²) in [6, 6.07) is -0.399. The normalized spacial score (nSPS) is 14.5. The fraction of sp³-hybridized carbons (Fsp3) is 0.583. The van der Waals surface area contributed by atoms with Gasteiger partial charge in [-0.15, -0.1) is 0 Å². The molecular weight excluding hydrogens is 220 g/mol. The van der Waals surface area contributed by atoms with Gasteiger partial charge in [-0.25, -0.2) is 0 Å². The van der Waals surface area contributed by atoms with E-state index in [9.17, 15) is 4.79 Å². The highest BCUT2D eigenvalue weighted by Gasteiger charge is 2.18. The van der Waals surface area contributed by atoms with Gasteiger partial charge in [-0.3, -0.25) is 4.79 Å². The number of rotatable bonds is 5. The van der Waals surface area contributed by atoms with Crippen molar-refractivity contribution in [1.29, 1.82) is 0 Å². The van der Waals surface area contributed by atoms with E-state index in [2.05, 4.69) is 16.1 Å². The molecule has 3 nitrogen and oxygen atoms in total. The predicted molar refractivity (Wildman–Crippen MR) is 68.3 cm³/mol. The smallest absolute Gasteiger partial charge is 0.237 e. The van der Waals surface area contributed by atoms with Crippen LogP contribution in [0.3, 0.4) is 0 Å². The van der Waals surface area contributed by atoms with Crippen LogP contribution in [0.4, 0.5) is 0 Å². The molecule has 0 aliphatic rings. The lowest BCUT2D eigenvalue weighted by atomic mass is 9.99. The number of thiophene rings is 1. The van der Waals surface area contributed by atoms with Gasteiger partial charge in [0.05, 0.1) is 6.04 Å². The Balaban J connectivity index is 2.44. The Hall–Kier alpha value is -0.870. The van der Waals surface area contributed by atoms with Crippen LogP contribution < -0.4 is 11.1 Å². The fourth-order valence-corrected chi connectivity index (χ4v) is 2.24. The third kappa shape index (κ3) is 3.32. The first-order valence-electron chi connectivity index (χ1n) is 5.61. The molecule has 1 aromatic rings. The monoisotopic (exact) mass is 240 g/mol. The van der Waals surface area contributed by atoms with Crippen LogP contribution in [0.25, 0.3) is 0 Å². The largest absolute Gasteiger partial charge is 0.351 e. The highest BCUT2D eigenvalue weighted by Crippen LogP contribution is 2.13. The maximum atomic E-state index is 11.7. The highest BCUT2D eigenvalue weighted by molar-refractivity contribution is 7.08. The lowest BCUT2D eigenvalue weighted by Gasteiger charge is -2.17. The number of carbonyl (C=O) groups is 1. The molecule has 3 N–H and O–H groups in total. The molecule has 16 heavy (non-hydrogen) atoms. The molecule has 90 valence electrons. The molecule has 2 atom stereocenters. The molecule has 0 aliphatic heterocycles. The van der Waals surface area contributed by atoms with Crippen LogP contribution in [0, 0.1) is 12.8 Å². The second-order valence-electron chi connectivity index (χ2n) is 4.21. The summed E-state index contributed by atoms with van der Waals surface area (Å²) >= 11 is 1.65. The van der Waals surface area contributed by atoms with Crippen molar-refractivity contribution in [2.45, 2.75) is 39.8 Å². The molecule has 0 saturated carbocycles. The van der Waals surface area contributed by atoms with Gasteiger partial charge in [-0.05, 0) is 34.7 Å². The zero-order valence-electron chi connectivity index (χ0n) is 10.1. The third-order valence-corrected chi connectivity index (χ3v) is 3.88. The first kappa shape index (κ1) is 13.2. The van der Waals surface area contributed by atoms with Crippen LogP contribution >= 0.6 is 11.3 Å². The van der Waals surface area contributed by atoms with E-state index in [-0.39, 0.29) is 11.8 Å². The van der Waals surface area contributed by atoms with E-state index in [0.717, 1.165) is 6.42 Å². The van der Waals surface area contributed by atoms with Crippen molar-refractivity contribution in [3.63, 3.8) is 0 Å². The van der Waals surface area contributed by atoms with E-state index < -0.39 is 6.04 Å². The lowest BCUT2D eigenvalue weighted by molar-refractivity contribution is -0.123. The van der Waals surface area contributed by atoms with Gasteiger partial charge < -0.3 is 11.1 Å². The summed E-state index contributed by atoms with van der Waals surface area (Å²) in [5, 5.41) is 7.02. The topological polar surface area (TPSA) is 55.1 Å². The Morgan fingerprint density at radius 2 is 2.25 bits per heavy atom. The molecule has 0 radical (unpaired) electrons. The summed E-state index contributed by atoms with van der Waals surface area (Å²) in [5.74, 6) is 0.170. The van der Waals surface area contributed by atoms with Crippen LogP contribution in [0.5, 0.6) is 0 Å². The third-order valence-electron chi connectivity index (χ3n) is 2.97. The summed E-state index contributed by atoms with van der Waals surface area (Å²) in [4.78, 5) is 11.7. The molecule has 1 aromatic heterocycles. The van der Waals surface area contributed by atoms with E-state index in [0.29, 0.717) is 6.54 Å². The molecule has 0 bridgehead atoms. The van der Waals surface area contributed by atoms with Crippen LogP contribution in [0.15, 0.2) is 10.8 Å². The first-order valence-corrected chi connectivity index (χ1v) is 6.55. The average molecular weight is 240 g/mol. The minimum atomic E-state index is -0.399. The molecule has 2 unspecified atom stereocenters. The second-order valence-corrected chi connectivity index (χ2v) is 4.95. The molecule has 0 fully saturated rings. The molecule has 0 aliphatic carbocycles. The molecular formula is C12H20N2OS. The van der Waals surface area contributed by atoms with Gasteiger partial charge in [0, 0.05) is 6.54 Å². The van der Waals surface area contributed by atoms with E-state index >= 15 is 0 Å². The van der Waals surface area contributed by atoms with Crippen LogP contribution in [-0.4, -0.2) is 11.9 Å². The number of aryl methyl sites for hydroxylation is 1. The van der Waals surface area contributed by atoms with Gasteiger partial charge >= 0.3 is 0 Å². The minimum absolute atomic E-state index is 0.0556. The first-order chi connectivity index (χ1) is 7.56. The molecule has 1 amide bonds. The van der Waals surface area contributed by atoms with Crippen molar-refractivity contribution in [3.05, 3.63) is 21.9 Å². The quantitative estimate of drug-likeness (QED) is 0.827. The zero-order valence-corrected chi connectivity index (χ0v) is 10.9. The maximum absolute atomic E-state index is 11.7. The molecule has 1 heterocycles. The predicted octanol–water partition coefficient (Wildman–Crippen LogP) is 2.05. The summed E-state index contributed by atoms with van der Waals surface area (Å²) < 4.78 is 0.